The van der Waals surface area contributed by atoms with E-state index in [1.165, 1.54) is 13.2 Å². The van der Waals surface area contributed by atoms with Crippen LogP contribution >= 0.6 is 0 Å². The first kappa shape index (κ1) is 23.6. The van der Waals surface area contributed by atoms with E-state index in [1.807, 2.05) is 0 Å². The number of methoxy groups -OCH3 is 1. The standard InChI is InChI=1S/C22H22O12/c1-31-7-14-16(27)18(29)19(30)22(33-14)34-21-17(28)15-12(26)5-9(23)6-13(15)32-20(21)8-2-3-10(24)11(25)4-8/h2-6,14,16,18-19,22-27,29-30H,7H2,1H3/t14-,16-,18+,19-,22+/m1/s1. The van der Waals surface area contributed by atoms with Crippen LogP contribution in [-0.2, 0) is 9.47 Å². The smallest absolute Gasteiger partial charge is 0.239 e. The van der Waals surface area contributed by atoms with Crippen molar-refractivity contribution in [2.45, 2.75) is 30.7 Å². The summed E-state index contributed by atoms with van der Waals surface area (Å²) in [7, 11) is 1.33. The molecule has 0 spiro atoms. The van der Waals surface area contributed by atoms with Crippen LogP contribution < -0.4 is 10.2 Å². The highest BCUT2D eigenvalue weighted by Gasteiger charge is 2.45. The van der Waals surface area contributed by atoms with Crippen molar-refractivity contribution < 1.29 is 54.4 Å². The maximum absolute atomic E-state index is 13.3. The number of benzene rings is 2. The molecule has 12 nitrogen and oxygen atoms in total. The number of fused-ring (bicyclic) bond motifs is 1. The van der Waals surface area contributed by atoms with Gasteiger partial charge in [-0.1, -0.05) is 0 Å². The van der Waals surface area contributed by atoms with Crippen molar-refractivity contribution in [1.82, 2.24) is 0 Å². The van der Waals surface area contributed by atoms with Crippen molar-refractivity contribution >= 4 is 11.0 Å². The van der Waals surface area contributed by atoms with Gasteiger partial charge < -0.3 is 54.4 Å². The molecule has 2 heterocycles. The van der Waals surface area contributed by atoms with E-state index in [0.29, 0.717) is 0 Å². The molecule has 4 rings (SSSR count). The quantitative estimate of drug-likeness (QED) is 0.245. The van der Waals surface area contributed by atoms with Gasteiger partial charge in [0.2, 0.25) is 17.5 Å². The summed E-state index contributed by atoms with van der Waals surface area (Å²) in [5, 5.41) is 69.9. The minimum Gasteiger partial charge on any atom is -0.508 e. The highest BCUT2D eigenvalue weighted by atomic mass is 16.7. The topological polar surface area (TPSA) is 200 Å². The fourth-order valence-electron chi connectivity index (χ4n) is 3.66. The van der Waals surface area contributed by atoms with Crippen LogP contribution in [0.25, 0.3) is 22.3 Å². The third kappa shape index (κ3) is 4.08. The normalized spacial score (nSPS) is 24.9. The zero-order chi connectivity index (χ0) is 24.7. The summed E-state index contributed by atoms with van der Waals surface area (Å²) in [5.41, 5.74) is -1.11. The molecule has 182 valence electrons. The van der Waals surface area contributed by atoms with Gasteiger partial charge in [-0.2, -0.15) is 0 Å². The summed E-state index contributed by atoms with van der Waals surface area (Å²) in [5.74, 6) is -2.90. The van der Waals surface area contributed by atoms with E-state index in [9.17, 15) is 40.5 Å². The summed E-state index contributed by atoms with van der Waals surface area (Å²) in [6.45, 7) is -0.171. The van der Waals surface area contributed by atoms with E-state index >= 15 is 0 Å². The van der Waals surface area contributed by atoms with Gasteiger partial charge in [-0.15, -0.1) is 0 Å². The number of aliphatic hydroxyl groups is 3. The van der Waals surface area contributed by atoms with Crippen molar-refractivity contribution in [2.24, 2.45) is 0 Å². The van der Waals surface area contributed by atoms with Crippen LogP contribution in [0.3, 0.4) is 0 Å². The Morgan fingerprint density at radius 1 is 0.912 bits per heavy atom. The number of hydrogen-bond acceptors (Lipinski definition) is 12. The van der Waals surface area contributed by atoms with Crippen molar-refractivity contribution in [1.29, 1.82) is 0 Å². The minimum absolute atomic E-state index is 0.0476. The lowest BCUT2D eigenvalue weighted by molar-refractivity contribution is -0.278. The molecule has 5 atom stereocenters. The van der Waals surface area contributed by atoms with Gasteiger partial charge in [0.1, 0.15) is 46.9 Å². The predicted molar refractivity (Wildman–Crippen MR) is 114 cm³/mol. The molecule has 34 heavy (non-hydrogen) atoms. The van der Waals surface area contributed by atoms with Crippen molar-refractivity contribution in [3.63, 3.8) is 0 Å². The van der Waals surface area contributed by atoms with Gasteiger partial charge in [-0.3, -0.25) is 4.79 Å². The average molecular weight is 478 g/mol. The summed E-state index contributed by atoms with van der Waals surface area (Å²) in [6, 6.07) is 5.47. The third-order valence-electron chi connectivity index (χ3n) is 5.39. The van der Waals surface area contributed by atoms with Gasteiger partial charge in [0, 0.05) is 24.8 Å². The van der Waals surface area contributed by atoms with Gasteiger partial charge in [0.25, 0.3) is 0 Å². The summed E-state index contributed by atoms with van der Waals surface area (Å²) in [6.07, 6.45) is -7.82. The minimum atomic E-state index is -1.80. The molecule has 0 bridgehead atoms. The number of phenols is 4. The van der Waals surface area contributed by atoms with E-state index in [-0.39, 0.29) is 28.9 Å². The first-order valence-electron chi connectivity index (χ1n) is 10.0. The van der Waals surface area contributed by atoms with Crippen LogP contribution in [0, 0.1) is 0 Å². The van der Waals surface area contributed by atoms with Crippen LogP contribution in [-0.4, -0.2) is 80.2 Å². The molecule has 0 radical (unpaired) electrons. The van der Waals surface area contributed by atoms with Gasteiger partial charge in [-0.25, -0.2) is 0 Å². The van der Waals surface area contributed by atoms with E-state index in [0.717, 1.165) is 24.3 Å². The molecule has 0 unspecified atom stereocenters. The molecular formula is C22H22O12. The lowest BCUT2D eigenvalue weighted by Crippen LogP contribution is -2.60. The Balaban J connectivity index is 1.89. The van der Waals surface area contributed by atoms with Crippen LogP contribution in [0.5, 0.6) is 28.7 Å². The average Bonchev–Trinajstić information content (AvgIpc) is 2.78. The molecule has 1 aromatic heterocycles. The van der Waals surface area contributed by atoms with Gasteiger partial charge in [-0.05, 0) is 18.2 Å². The zero-order valence-corrected chi connectivity index (χ0v) is 17.7. The van der Waals surface area contributed by atoms with E-state index in [2.05, 4.69) is 0 Å². The molecule has 12 heteroatoms. The Morgan fingerprint density at radius 2 is 1.65 bits per heavy atom. The number of aromatic hydroxyl groups is 4. The second-order valence-electron chi connectivity index (χ2n) is 7.72. The van der Waals surface area contributed by atoms with Crippen LogP contribution in [0.1, 0.15) is 0 Å². The molecule has 1 saturated heterocycles. The summed E-state index contributed by atoms with van der Waals surface area (Å²) < 4.78 is 21.8. The summed E-state index contributed by atoms with van der Waals surface area (Å²) in [4.78, 5) is 13.3. The Hall–Kier alpha value is -3.55. The largest absolute Gasteiger partial charge is 0.508 e. The maximum atomic E-state index is 13.3. The Morgan fingerprint density at radius 3 is 2.32 bits per heavy atom. The van der Waals surface area contributed by atoms with Crippen molar-refractivity contribution in [3.05, 3.63) is 40.6 Å². The molecule has 0 amide bonds. The van der Waals surface area contributed by atoms with Crippen molar-refractivity contribution in [3.8, 4) is 40.1 Å². The molecule has 0 aliphatic carbocycles. The number of rotatable bonds is 5. The number of hydrogen-bond donors (Lipinski definition) is 7. The fraction of sp³-hybridized carbons (Fsp3) is 0.318. The third-order valence-corrected chi connectivity index (χ3v) is 5.39. The van der Waals surface area contributed by atoms with Crippen LogP contribution in [0.15, 0.2) is 39.5 Å². The Labute approximate surface area is 191 Å². The Kier molecular flexibility index (Phi) is 6.25. The summed E-state index contributed by atoms with van der Waals surface area (Å²) >= 11 is 0. The zero-order valence-electron chi connectivity index (χ0n) is 17.7. The predicted octanol–water partition coefficient (Wildman–Crippen LogP) is 0.115. The second-order valence-corrected chi connectivity index (χ2v) is 7.72. The first-order valence-corrected chi connectivity index (χ1v) is 10.0. The van der Waals surface area contributed by atoms with E-state index in [4.69, 9.17) is 18.6 Å². The van der Waals surface area contributed by atoms with E-state index < -0.39 is 64.9 Å². The first-order chi connectivity index (χ1) is 16.1. The molecule has 1 aliphatic heterocycles. The van der Waals surface area contributed by atoms with Crippen LogP contribution in [0.4, 0.5) is 0 Å². The molecule has 1 aliphatic rings. The molecule has 1 fully saturated rings. The van der Waals surface area contributed by atoms with Gasteiger partial charge >= 0.3 is 0 Å². The van der Waals surface area contributed by atoms with Gasteiger partial charge in [0.05, 0.1) is 6.61 Å². The highest BCUT2D eigenvalue weighted by molar-refractivity contribution is 5.88. The van der Waals surface area contributed by atoms with Crippen LogP contribution in [0.2, 0.25) is 0 Å². The van der Waals surface area contributed by atoms with E-state index in [1.54, 1.807) is 0 Å². The number of ether oxygens (including phenoxy) is 3. The molecule has 2 aromatic carbocycles. The number of phenolic OH excluding ortho intramolecular Hbond substituents is 4. The lowest BCUT2D eigenvalue weighted by atomic mass is 9.99. The second kappa shape index (κ2) is 9.00. The SMILES string of the molecule is COC[C@H]1O[C@@H](Oc2c(-c3ccc(O)c(O)c3)oc3cc(O)cc(O)c3c2=O)[C@H](O)[C@@H](O)[C@@H]1O. The molecule has 0 saturated carbocycles. The molecular weight excluding hydrogens is 456 g/mol. The van der Waals surface area contributed by atoms with Gasteiger partial charge in [0.15, 0.2) is 17.3 Å². The fourth-order valence-corrected chi connectivity index (χ4v) is 3.66. The lowest BCUT2D eigenvalue weighted by Gasteiger charge is -2.39. The molecule has 7 N–H and O–H groups in total. The monoisotopic (exact) mass is 478 g/mol. The molecule has 3 aromatic rings. The van der Waals surface area contributed by atoms with Crippen molar-refractivity contribution in [2.75, 3.05) is 13.7 Å². The highest BCUT2D eigenvalue weighted by Crippen LogP contribution is 2.39. The maximum Gasteiger partial charge on any atom is 0.239 e. The Bertz CT molecular complexity index is 1270. The number of aliphatic hydroxyl groups excluding tert-OH is 3.